The lowest BCUT2D eigenvalue weighted by Gasteiger charge is -2.17. The van der Waals surface area contributed by atoms with E-state index in [1.807, 2.05) is 48.5 Å². The van der Waals surface area contributed by atoms with Crippen molar-refractivity contribution < 1.29 is 9.32 Å². The monoisotopic (exact) mass is 319 g/mol. The summed E-state index contributed by atoms with van der Waals surface area (Å²) in [6, 6.07) is 17.2. The molecule has 5 nitrogen and oxygen atoms in total. The number of aromatic nitrogens is 1. The predicted octanol–water partition coefficient (Wildman–Crippen LogP) is 2.70. The summed E-state index contributed by atoms with van der Waals surface area (Å²) in [5, 5.41) is 7.00. The van der Waals surface area contributed by atoms with Crippen molar-refractivity contribution in [3.05, 3.63) is 77.6 Å². The second-order valence-corrected chi connectivity index (χ2v) is 5.95. The van der Waals surface area contributed by atoms with Crippen LogP contribution in [0.1, 0.15) is 27.5 Å². The summed E-state index contributed by atoms with van der Waals surface area (Å²) in [5.74, 6) is -0.219. The maximum Gasteiger partial charge on any atom is 0.257 e. The molecule has 1 aromatic heterocycles. The minimum Gasteiger partial charge on any atom is -0.363 e. The Hall–Kier alpha value is -2.92. The Balaban J connectivity index is 1.56. The molecule has 3 aromatic rings. The standard InChI is InChI=1S/C19H17N3O2/c20-17-14-9-5-4-8-13(14)10-16(17)21-19(23)15-11-24-22-18(15)12-6-2-1-3-7-12/h1-9,11,16-17H,10,20H2,(H,21,23)/t16-,17-/m1/s1. The lowest BCUT2D eigenvalue weighted by molar-refractivity contribution is 0.0933. The van der Waals surface area contributed by atoms with Crippen LogP contribution in [0.15, 0.2) is 65.4 Å². The third-order valence-electron chi connectivity index (χ3n) is 4.47. The molecule has 0 radical (unpaired) electrons. The molecule has 5 heteroatoms. The van der Waals surface area contributed by atoms with Gasteiger partial charge in [-0.05, 0) is 17.5 Å². The third-order valence-corrected chi connectivity index (χ3v) is 4.47. The quantitative estimate of drug-likeness (QED) is 0.778. The molecule has 0 fully saturated rings. The van der Waals surface area contributed by atoms with Gasteiger partial charge in [0, 0.05) is 5.56 Å². The molecule has 1 aliphatic rings. The molecule has 0 saturated heterocycles. The molecule has 1 heterocycles. The average Bonchev–Trinajstić information content (AvgIpc) is 3.22. The van der Waals surface area contributed by atoms with Crippen molar-refractivity contribution in [1.82, 2.24) is 10.5 Å². The fraction of sp³-hybridized carbons (Fsp3) is 0.158. The molecular weight excluding hydrogens is 302 g/mol. The Kier molecular flexibility index (Phi) is 3.63. The van der Waals surface area contributed by atoms with Gasteiger partial charge in [-0.25, -0.2) is 0 Å². The van der Waals surface area contributed by atoms with E-state index in [1.54, 1.807) is 0 Å². The first kappa shape index (κ1) is 14.7. The van der Waals surface area contributed by atoms with Crippen LogP contribution >= 0.6 is 0 Å². The Labute approximate surface area is 139 Å². The number of amides is 1. The zero-order chi connectivity index (χ0) is 16.5. The van der Waals surface area contributed by atoms with E-state index in [2.05, 4.69) is 16.5 Å². The van der Waals surface area contributed by atoms with E-state index < -0.39 is 0 Å². The fourth-order valence-corrected chi connectivity index (χ4v) is 3.21. The van der Waals surface area contributed by atoms with Crippen LogP contribution in [-0.2, 0) is 6.42 Å². The molecule has 1 amide bonds. The zero-order valence-corrected chi connectivity index (χ0v) is 13.0. The Bertz CT molecular complexity index is 873. The first-order valence-corrected chi connectivity index (χ1v) is 7.88. The van der Waals surface area contributed by atoms with E-state index in [-0.39, 0.29) is 18.0 Å². The first-order chi connectivity index (χ1) is 11.7. The second kappa shape index (κ2) is 5.94. The van der Waals surface area contributed by atoms with Gasteiger partial charge in [0.15, 0.2) is 0 Å². The number of nitrogens with one attached hydrogen (secondary N) is 1. The fourth-order valence-electron chi connectivity index (χ4n) is 3.21. The second-order valence-electron chi connectivity index (χ2n) is 5.95. The van der Waals surface area contributed by atoms with Gasteiger partial charge in [0.25, 0.3) is 5.91 Å². The Morgan fingerprint density at radius 1 is 1.12 bits per heavy atom. The molecule has 24 heavy (non-hydrogen) atoms. The first-order valence-electron chi connectivity index (χ1n) is 7.88. The van der Waals surface area contributed by atoms with Gasteiger partial charge >= 0.3 is 0 Å². The van der Waals surface area contributed by atoms with Crippen molar-refractivity contribution in [3.8, 4) is 11.3 Å². The number of hydrogen-bond donors (Lipinski definition) is 2. The topological polar surface area (TPSA) is 81.1 Å². The van der Waals surface area contributed by atoms with Crippen molar-refractivity contribution >= 4 is 5.91 Å². The summed E-state index contributed by atoms with van der Waals surface area (Å²) in [6.45, 7) is 0. The van der Waals surface area contributed by atoms with Crippen molar-refractivity contribution in [2.75, 3.05) is 0 Å². The van der Waals surface area contributed by atoms with Gasteiger partial charge in [-0.3, -0.25) is 4.79 Å². The van der Waals surface area contributed by atoms with Crippen molar-refractivity contribution in [3.63, 3.8) is 0 Å². The average molecular weight is 319 g/mol. The highest BCUT2D eigenvalue weighted by Crippen LogP contribution is 2.30. The highest BCUT2D eigenvalue weighted by Gasteiger charge is 2.31. The maximum atomic E-state index is 12.7. The van der Waals surface area contributed by atoms with Gasteiger partial charge in [-0.15, -0.1) is 0 Å². The van der Waals surface area contributed by atoms with Crippen molar-refractivity contribution in [1.29, 1.82) is 0 Å². The lowest BCUT2D eigenvalue weighted by Crippen LogP contribution is -2.40. The molecule has 4 rings (SSSR count). The number of carbonyl (C=O) groups is 1. The number of benzene rings is 2. The molecule has 0 bridgehead atoms. The van der Waals surface area contributed by atoms with Crippen molar-refractivity contribution in [2.45, 2.75) is 18.5 Å². The zero-order valence-electron chi connectivity index (χ0n) is 13.0. The van der Waals surface area contributed by atoms with Gasteiger partial charge in [-0.1, -0.05) is 59.8 Å². The van der Waals surface area contributed by atoms with E-state index in [0.717, 1.165) is 17.5 Å². The SMILES string of the molecule is N[C@@H]1c2ccccc2C[C@H]1NC(=O)c1conc1-c1ccccc1. The third kappa shape index (κ3) is 2.49. The smallest absolute Gasteiger partial charge is 0.257 e. The van der Waals surface area contributed by atoms with Crippen LogP contribution < -0.4 is 11.1 Å². The number of nitrogens with zero attached hydrogens (tertiary/aromatic N) is 1. The van der Waals surface area contributed by atoms with Crippen LogP contribution in [0.3, 0.4) is 0 Å². The number of fused-ring (bicyclic) bond motifs is 1. The molecule has 0 unspecified atom stereocenters. The van der Waals surface area contributed by atoms with Crippen LogP contribution in [0.2, 0.25) is 0 Å². The highest BCUT2D eigenvalue weighted by atomic mass is 16.5. The summed E-state index contributed by atoms with van der Waals surface area (Å²) in [4.78, 5) is 12.7. The van der Waals surface area contributed by atoms with Gasteiger partial charge < -0.3 is 15.6 Å². The normalized spacial score (nSPS) is 19.0. The van der Waals surface area contributed by atoms with Gasteiger partial charge in [-0.2, -0.15) is 0 Å². The lowest BCUT2D eigenvalue weighted by atomic mass is 10.1. The van der Waals surface area contributed by atoms with E-state index in [1.165, 1.54) is 11.8 Å². The molecule has 0 spiro atoms. The minimum atomic E-state index is -0.219. The number of nitrogens with two attached hydrogens (primary N) is 1. The van der Waals surface area contributed by atoms with E-state index in [9.17, 15) is 4.79 Å². The predicted molar refractivity (Wildman–Crippen MR) is 90.3 cm³/mol. The van der Waals surface area contributed by atoms with Crippen LogP contribution in [0.5, 0.6) is 0 Å². The summed E-state index contributed by atoms with van der Waals surface area (Å²) in [5.41, 5.74) is 10.4. The molecule has 0 saturated carbocycles. The van der Waals surface area contributed by atoms with E-state index in [4.69, 9.17) is 10.3 Å². The molecule has 2 aromatic carbocycles. The Morgan fingerprint density at radius 3 is 2.67 bits per heavy atom. The van der Waals surface area contributed by atoms with Gasteiger partial charge in [0.2, 0.25) is 0 Å². The molecular formula is C19H17N3O2. The van der Waals surface area contributed by atoms with Crippen LogP contribution in [0.4, 0.5) is 0 Å². The summed E-state index contributed by atoms with van der Waals surface area (Å²) in [7, 11) is 0. The van der Waals surface area contributed by atoms with Crippen LogP contribution in [0.25, 0.3) is 11.3 Å². The van der Waals surface area contributed by atoms with E-state index >= 15 is 0 Å². The minimum absolute atomic E-state index is 0.131. The van der Waals surface area contributed by atoms with Gasteiger partial charge in [0.05, 0.1) is 12.1 Å². The van der Waals surface area contributed by atoms with Crippen LogP contribution in [0, 0.1) is 0 Å². The van der Waals surface area contributed by atoms with Crippen molar-refractivity contribution in [2.24, 2.45) is 5.73 Å². The largest absolute Gasteiger partial charge is 0.363 e. The number of rotatable bonds is 3. The number of hydrogen-bond acceptors (Lipinski definition) is 4. The summed E-state index contributed by atoms with van der Waals surface area (Å²) in [6.07, 6.45) is 2.11. The molecule has 1 aliphatic carbocycles. The molecule has 120 valence electrons. The van der Waals surface area contributed by atoms with E-state index in [0.29, 0.717) is 11.3 Å². The summed E-state index contributed by atoms with van der Waals surface area (Å²) < 4.78 is 5.03. The molecule has 0 aliphatic heterocycles. The summed E-state index contributed by atoms with van der Waals surface area (Å²) >= 11 is 0. The maximum absolute atomic E-state index is 12.7. The highest BCUT2D eigenvalue weighted by molar-refractivity contribution is 5.99. The van der Waals surface area contributed by atoms with Crippen LogP contribution in [-0.4, -0.2) is 17.1 Å². The molecule has 2 atom stereocenters. The molecule has 3 N–H and O–H groups in total. The van der Waals surface area contributed by atoms with Gasteiger partial charge in [0.1, 0.15) is 17.5 Å². The number of carbonyl (C=O) groups excluding carboxylic acids is 1. The Morgan fingerprint density at radius 2 is 1.88 bits per heavy atom.